The molecule has 0 heterocycles. The quantitative estimate of drug-likeness (QED) is 0.216. The summed E-state index contributed by atoms with van der Waals surface area (Å²) in [6, 6.07) is 6.50. The van der Waals surface area contributed by atoms with Gasteiger partial charge in [0.15, 0.2) is 17.4 Å². The predicted octanol–water partition coefficient (Wildman–Crippen LogP) is 5.68. The molecular formula is C21H22F3IO2Y2-4. The maximum absolute atomic E-state index is 14.3. The Morgan fingerprint density at radius 1 is 1.03 bits per heavy atom. The predicted molar refractivity (Wildman–Crippen MR) is 110 cm³/mol. The molecular weight excluding hydrogens is 646 g/mol. The topological polar surface area (TPSA) is 26.3 Å². The van der Waals surface area contributed by atoms with E-state index in [1.54, 1.807) is 6.07 Å². The summed E-state index contributed by atoms with van der Waals surface area (Å²) < 4.78 is 47.8. The average molecular weight is 668 g/mol. The van der Waals surface area contributed by atoms with Crippen molar-refractivity contribution in [3.05, 3.63) is 96.7 Å². The van der Waals surface area contributed by atoms with Crippen molar-refractivity contribution in [3.8, 4) is 0 Å². The Bertz CT molecular complexity index is 787. The van der Waals surface area contributed by atoms with Crippen LogP contribution >= 0.6 is 22.6 Å². The van der Waals surface area contributed by atoms with Gasteiger partial charge in [-0.3, -0.25) is 10.7 Å². The molecule has 0 amide bonds. The molecule has 0 fully saturated rings. The molecule has 0 aromatic heterocycles. The van der Waals surface area contributed by atoms with Gasteiger partial charge < -0.3 is 33.4 Å². The van der Waals surface area contributed by atoms with Gasteiger partial charge in [0.25, 0.3) is 0 Å². The van der Waals surface area contributed by atoms with Crippen LogP contribution in [-0.2, 0) is 76.6 Å². The van der Waals surface area contributed by atoms with Crippen molar-refractivity contribution in [1.29, 1.82) is 0 Å². The van der Waals surface area contributed by atoms with Crippen LogP contribution in [0.15, 0.2) is 30.3 Å². The Balaban J connectivity index is -0.00000169. The fraction of sp³-hybridized carbons (Fsp3) is 0.190. The number of ether oxygens (including phenoxy) is 1. The largest absolute Gasteiger partial charge is 0.378 e. The number of rotatable bonds is 7. The van der Waals surface area contributed by atoms with Crippen molar-refractivity contribution in [2.75, 3.05) is 13.2 Å². The molecule has 0 N–H and O–H groups in total. The van der Waals surface area contributed by atoms with Gasteiger partial charge in [-0.05, 0) is 59.0 Å². The first-order valence-corrected chi connectivity index (χ1v) is 8.55. The molecule has 0 saturated heterocycles. The third-order valence-corrected chi connectivity index (χ3v) is 4.14. The summed E-state index contributed by atoms with van der Waals surface area (Å²) in [6.07, 6.45) is -0.235. The molecule has 0 spiro atoms. The van der Waals surface area contributed by atoms with Crippen molar-refractivity contribution in [3.63, 3.8) is 0 Å². The molecule has 8 heteroatoms. The van der Waals surface area contributed by atoms with Crippen LogP contribution in [0, 0.1) is 55.6 Å². The number of hydrogen-bond acceptors (Lipinski definition) is 2. The minimum Gasteiger partial charge on any atom is -0.378 e. The van der Waals surface area contributed by atoms with Crippen LogP contribution < -0.4 is 0 Å². The van der Waals surface area contributed by atoms with Crippen molar-refractivity contribution >= 4 is 28.4 Å². The summed E-state index contributed by atoms with van der Waals surface area (Å²) in [5.41, 5.74) is -0.0357. The summed E-state index contributed by atoms with van der Waals surface area (Å²) in [5, 5.41) is 0. The van der Waals surface area contributed by atoms with Crippen LogP contribution in [0.25, 0.3) is 0 Å². The first-order chi connectivity index (χ1) is 11.8. The average Bonchev–Trinajstić information content (AvgIpc) is 2.53. The van der Waals surface area contributed by atoms with Gasteiger partial charge in [0.05, 0.1) is 0 Å². The maximum atomic E-state index is 14.3. The number of benzene rings is 2. The number of ketones is 1. The van der Waals surface area contributed by atoms with Crippen molar-refractivity contribution in [2.24, 2.45) is 5.92 Å². The third kappa shape index (κ3) is 10.3. The van der Waals surface area contributed by atoms with Gasteiger partial charge >= 0.3 is 0 Å². The molecule has 2 aromatic carbocycles. The van der Waals surface area contributed by atoms with Gasteiger partial charge in [0.2, 0.25) is 0 Å². The van der Waals surface area contributed by atoms with Gasteiger partial charge in [-0.25, -0.2) is 13.2 Å². The molecule has 0 aliphatic heterocycles. The smallest absolute Gasteiger partial charge is 0.188 e. The van der Waals surface area contributed by atoms with Crippen LogP contribution in [0.4, 0.5) is 13.2 Å². The van der Waals surface area contributed by atoms with Crippen molar-refractivity contribution < 1.29 is 88.1 Å². The monoisotopic (exact) mass is 668 g/mol. The zero-order chi connectivity index (χ0) is 18.6. The first kappa shape index (κ1) is 34.4. The van der Waals surface area contributed by atoms with E-state index in [9.17, 15) is 18.0 Å². The molecule has 0 aliphatic rings. The first-order valence-electron chi connectivity index (χ1n) is 7.47. The molecule has 0 atom stereocenters. The minimum absolute atomic E-state index is 0. The Morgan fingerprint density at radius 2 is 1.66 bits per heavy atom. The third-order valence-electron chi connectivity index (χ3n) is 3.47. The Morgan fingerprint density at radius 3 is 2.21 bits per heavy atom. The normalized spacial score (nSPS) is 9.62. The van der Waals surface area contributed by atoms with E-state index < -0.39 is 23.2 Å². The summed E-state index contributed by atoms with van der Waals surface area (Å²) in [7, 11) is 0. The van der Waals surface area contributed by atoms with Crippen LogP contribution in [0.3, 0.4) is 0 Å². The SMILES string of the molecule is [CH2-]C([CH2-])COCC(=O)c1ccc(F)c(F)c1Cc1ccc(I)cc1F.[CH3-].[CH3-].[Y].[Y]. The van der Waals surface area contributed by atoms with Crippen LogP contribution in [0.5, 0.6) is 0 Å². The van der Waals surface area contributed by atoms with E-state index in [0.717, 1.165) is 6.07 Å². The molecule has 2 rings (SSSR count). The van der Waals surface area contributed by atoms with E-state index in [2.05, 4.69) is 13.8 Å². The molecule has 0 unspecified atom stereocenters. The summed E-state index contributed by atoms with van der Waals surface area (Å²) in [6.45, 7) is 7.10. The Kier molecular flexibility index (Phi) is 19.5. The zero-order valence-electron chi connectivity index (χ0n) is 16.5. The Hall–Kier alpha value is 0.798. The molecule has 2 radical (unpaired) electrons. The molecule has 2 aromatic rings. The number of Topliss-reactive ketones (excluding diaryl/α,β-unsaturated/α-hetero) is 1. The second-order valence-corrected chi connectivity index (χ2v) is 6.85. The molecule has 0 bridgehead atoms. The van der Waals surface area contributed by atoms with Gasteiger partial charge in [0.1, 0.15) is 12.4 Å². The standard InChI is InChI=1S/C19H16F3IO2.2CH3.2Y/c1-11(2)9-25-10-18(24)14-5-6-16(20)19(22)15(14)7-12-3-4-13(23)8-17(12)21;;;;/h3-6,8,11H,1-2,7,9-10H2;2*1H3;;/q-2;2*-1;;. The molecule has 156 valence electrons. The van der Waals surface area contributed by atoms with Crippen molar-refractivity contribution in [1.82, 2.24) is 0 Å². The second kappa shape index (κ2) is 16.4. The molecule has 29 heavy (non-hydrogen) atoms. The van der Waals surface area contributed by atoms with Crippen LogP contribution in [-0.4, -0.2) is 19.0 Å². The Labute approximate surface area is 236 Å². The van der Waals surface area contributed by atoms with E-state index >= 15 is 0 Å². The molecule has 0 saturated carbocycles. The minimum atomic E-state index is -1.16. The summed E-state index contributed by atoms with van der Waals surface area (Å²) in [5.74, 6) is -3.55. The number of halogens is 4. The van der Waals surface area contributed by atoms with E-state index in [-0.39, 0.29) is 123 Å². The van der Waals surface area contributed by atoms with Gasteiger partial charge in [-0.2, -0.15) is 0 Å². The fourth-order valence-corrected chi connectivity index (χ4v) is 2.73. The maximum Gasteiger partial charge on any atom is 0.188 e. The van der Waals surface area contributed by atoms with Crippen molar-refractivity contribution in [2.45, 2.75) is 6.42 Å². The summed E-state index contributed by atoms with van der Waals surface area (Å²) in [4.78, 5) is 12.3. The van der Waals surface area contributed by atoms with Gasteiger partial charge in [-0.1, -0.05) is 6.07 Å². The fourth-order valence-electron chi connectivity index (χ4n) is 2.28. The van der Waals surface area contributed by atoms with Crippen LogP contribution in [0.2, 0.25) is 0 Å². The van der Waals surface area contributed by atoms with Crippen LogP contribution in [0.1, 0.15) is 21.5 Å². The van der Waals surface area contributed by atoms with Gasteiger partial charge in [0, 0.05) is 86.5 Å². The van der Waals surface area contributed by atoms with E-state index in [1.807, 2.05) is 22.6 Å². The number of carbonyl (C=O) groups excluding carboxylic acids is 1. The zero-order valence-corrected chi connectivity index (χ0v) is 24.3. The number of carbonyl (C=O) groups is 1. The second-order valence-electron chi connectivity index (χ2n) is 5.60. The number of hydrogen-bond donors (Lipinski definition) is 0. The van der Waals surface area contributed by atoms with E-state index in [0.29, 0.717) is 3.57 Å². The van der Waals surface area contributed by atoms with E-state index in [4.69, 9.17) is 4.74 Å². The molecule has 2 nitrogen and oxygen atoms in total. The summed E-state index contributed by atoms with van der Waals surface area (Å²) >= 11 is 1.95. The van der Waals surface area contributed by atoms with E-state index in [1.165, 1.54) is 18.2 Å². The van der Waals surface area contributed by atoms with Gasteiger partial charge in [-0.15, -0.1) is 0 Å². The molecule has 0 aliphatic carbocycles.